The van der Waals surface area contributed by atoms with Crippen LogP contribution in [0.4, 0.5) is 13.2 Å². The molecular formula is C15H18F3NO4S. The first-order chi connectivity index (χ1) is 11.0. The Morgan fingerprint density at radius 3 is 2.54 bits per heavy atom. The van der Waals surface area contributed by atoms with Crippen molar-refractivity contribution in [1.29, 1.82) is 0 Å². The highest BCUT2D eigenvalue weighted by atomic mass is 32.2. The molecule has 0 aromatic heterocycles. The van der Waals surface area contributed by atoms with E-state index in [1.807, 2.05) is 13.8 Å². The number of rotatable bonds is 4. The van der Waals surface area contributed by atoms with Gasteiger partial charge >= 0.3 is 6.18 Å². The SMILES string of the molecule is CCN(CC(F)(F)F)S(=O)(=O)c1ccc2c(c1)[C@@H]1O[C@@H]1C(C)(C)O2. The largest absolute Gasteiger partial charge is 0.485 e. The summed E-state index contributed by atoms with van der Waals surface area (Å²) in [7, 11) is -4.25. The molecule has 2 heterocycles. The number of hydrogen-bond acceptors (Lipinski definition) is 4. The van der Waals surface area contributed by atoms with Gasteiger partial charge < -0.3 is 9.47 Å². The van der Waals surface area contributed by atoms with E-state index in [2.05, 4.69) is 0 Å². The van der Waals surface area contributed by atoms with Gasteiger partial charge in [0.2, 0.25) is 10.0 Å². The van der Waals surface area contributed by atoms with E-state index in [1.54, 1.807) is 0 Å². The fourth-order valence-corrected chi connectivity index (χ4v) is 4.41. The van der Waals surface area contributed by atoms with Crippen molar-refractivity contribution in [3.63, 3.8) is 0 Å². The number of epoxide rings is 1. The maximum Gasteiger partial charge on any atom is 0.402 e. The number of nitrogens with zero attached hydrogens (tertiary/aromatic N) is 1. The molecule has 24 heavy (non-hydrogen) atoms. The van der Waals surface area contributed by atoms with Crippen molar-refractivity contribution in [3.8, 4) is 5.75 Å². The number of hydrogen-bond donors (Lipinski definition) is 0. The monoisotopic (exact) mass is 365 g/mol. The molecular weight excluding hydrogens is 347 g/mol. The van der Waals surface area contributed by atoms with Crippen LogP contribution < -0.4 is 4.74 Å². The van der Waals surface area contributed by atoms with Crippen LogP contribution in [-0.2, 0) is 14.8 Å². The van der Waals surface area contributed by atoms with E-state index in [0.717, 1.165) is 0 Å². The number of alkyl halides is 3. The minimum absolute atomic E-state index is 0.180. The van der Waals surface area contributed by atoms with Crippen LogP contribution in [-0.4, -0.2) is 43.7 Å². The average molecular weight is 365 g/mol. The molecule has 3 rings (SSSR count). The number of fused-ring (bicyclic) bond motifs is 3. The van der Waals surface area contributed by atoms with E-state index < -0.39 is 28.3 Å². The minimum atomic E-state index is -4.60. The molecule has 1 fully saturated rings. The predicted molar refractivity (Wildman–Crippen MR) is 79.3 cm³/mol. The minimum Gasteiger partial charge on any atom is -0.485 e. The third-order valence-corrected chi connectivity index (χ3v) is 6.10. The molecule has 0 saturated carbocycles. The summed E-state index contributed by atoms with van der Waals surface area (Å²) in [6, 6.07) is 4.10. The first-order valence-corrected chi connectivity index (χ1v) is 8.95. The van der Waals surface area contributed by atoms with E-state index in [9.17, 15) is 21.6 Å². The summed E-state index contributed by atoms with van der Waals surface area (Å²) in [6.07, 6.45) is -5.06. The van der Waals surface area contributed by atoms with E-state index in [4.69, 9.17) is 9.47 Å². The van der Waals surface area contributed by atoms with Crippen LogP contribution in [0.25, 0.3) is 0 Å². The van der Waals surface area contributed by atoms with Crippen LogP contribution in [0.15, 0.2) is 23.1 Å². The highest BCUT2D eigenvalue weighted by Crippen LogP contribution is 2.54. The molecule has 0 unspecified atom stereocenters. The zero-order valence-electron chi connectivity index (χ0n) is 13.4. The van der Waals surface area contributed by atoms with Crippen LogP contribution in [0.3, 0.4) is 0 Å². The zero-order valence-corrected chi connectivity index (χ0v) is 14.2. The van der Waals surface area contributed by atoms with E-state index >= 15 is 0 Å². The van der Waals surface area contributed by atoms with Gasteiger partial charge in [0.05, 0.1) is 4.90 Å². The first kappa shape index (κ1) is 17.5. The van der Waals surface area contributed by atoms with E-state index in [-0.39, 0.29) is 23.6 Å². The second-order valence-corrected chi connectivity index (χ2v) is 8.37. The van der Waals surface area contributed by atoms with Gasteiger partial charge in [-0.25, -0.2) is 8.42 Å². The third-order valence-electron chi connectivity index (χ3n) is 4.18. The van der Waals surface area contributed by atoms with Crippen molar-refractivity contribution >= 4 is 10.0 Å². The Bertz CT molecular complexity index is 760. The Labute approximate surface area is 138 Å². The average Bonchev–Trinajstić information content (AvgIpc) is 3.24. The second kappa shape index (κ2) is 5.34. The van der Waals surface area contributed by atoms with Gasteiger partial charge in [0.25, 0.3) is 0 Å². The predicted octanol–water partition coefficient (Wildman–Crippen LogP) is 2.87. The van der Waals surface area contributed by atoms with Crippen LogP contribution in [0.1, 0.15) is 32.4 Å². The summed E-state index contributed by atoms with van der Waals surface area (Å²) in [6.45, 7) is 3.31. The zero-order chi connectivity index (χ0) is 17.9. The van der Waals surface area contributed by atoms with Crippen LogP contribution in [0, 0.1) is 0 Å². The molecule has 1 aromatic rings. The molecule has 2 aliphatic rings. The highest BCUT2D eigenvalue weighted by Gasteiger charge is 2.56. The molecule has 1 aromatic carbocycles. The number of ether oxygens (including phenoxy) is 2. The van der Waals surface area contributed by atoms with Crippen LogP contribution in [0.5, 0.6) is 5.75 Å². The van der Waals surface area contributed by atoms with Crippen LogP contribution >= 0.6 is 0 Å². The van der Waals surface area contributed by atoms with Crippen molar-refractivity contribution in [2.75, 3.05) is 13.1 Å². The molecule has 2 aliphatic heterocycles. The van der Waals surface area contributed by atoms with Gasteiger partial charge in [0.1, 0.15) is 30.1 Å². The molecule has 0 bridgehead atoms. The molecule has 0 amide bonds. The Hall–Kier alpha value is -1.32. The summed E-state index contributed by atoms with van der Waals surface area (Å²) >= 11 is 0. The lowest BCUT2D eigenvalue weighted by Crippen LogP contribution is -2.39. The Morgan fingerprint density at radius 2 is 1.96 bits per heavy atom. The Balaban J connectivity index is 1.95. The van der Waals surface area contributed by atoms with Gasteiger partial charge in [-0.3, -0.25) is 0 Å². The normalized spacial score (nSPS) is 25.0. The molecule has 1 saturated heterocycles. The van der Waals surface area contributed by atoms with Gasteiger partial charge in [-0.15, -0.1) is 0 Å². The van der Waals surface area contributed by atoms with Gasteiger partial charge in [-0.1, -0.05) is 6.92 Å². The molecule has 2 atom stereocenters. The third kappa shape index (κ3) is 3.00. The molecule has 0 aliphatic carbocycles. The molecule has 0 N–H and O–H groups in total. The van der Waals surface area contributed by atoms with Gasteiger partial charge in [-0.05, 0) is 32.0 Å². The molecule has 134 valence electrons. The van der Waals surface area contributed by atoms with Gasteiger partial charge in [-0.2, -0.15) is 17.5 Å². The number of benzene rings is 1. The molecule has 0 spiro atoms. The van der Waals surface area contributed by atoms with Crippen LogP contribution in [0.2, 0.25) is 0 Å². The maximum absolute atomic E-state index is 12.6. The lowest BCUT2D eigenvalue weighted by molar-refractivity contribution is -0.135. The Kier molecular flexibility index (Phi) is 3.89. The summed E-state index contributed by atoms with van der Waals surface area (Å²) in [5.74, 6) is 0.497. The van der Waals surface area contributed by atoms with Crippen molar-refractivity contribution in [2.45, 2.75) is 49.7 Å². The quantitative estimate of drug-likeness (QED) is 0.770. The molecule has 5 nitrogen and oxygen atoms in total. The maximum atomic E-state index is 12.6. The van der Waals surface area contributed by atoms with Crippen molar-refractivity contribution < 1.29 is 31.1 Å². The summed E-state index contributed by atoms with van der Waals surface area (Å²) in [4.78, 5) is -0.190. The van der Waals surface area contributed by atoms with Crippen molar-refractivity contribution in [1.82, 2.24) is 4.31 Å². The lowest BCUT2D eigenvalue weighted by Gasteiger charge is -2.30. The number of halogens is 3. The molecule has 0 radical (unpaired) electrons. The van der Waals surface area contributed by atoms with E-state index in [0.29, 0.717) is 15.6 Å². The fourth-order valence-electron chi connectivity index (χ4n) is 2.94. The summed E-state index contributed by atoms with van der Waals surface area (Å²) < 4.78 is 74.6. The van der Waals surface area contributed by atoms with Crippen molar-refractivity contribution in [3.05, 3.63) is 23.8 Å². The second-order valence-electron chi connectivity index (χ2n) is 6.43. The van der Waals surface area contributed by atoms with Crippen molar-refractivity contribution in [2.24, 2.45) is 0 Å². The highest BCUT2D eigenvalue weighted by molar-refractivity contribution is 7.89. The topological polar surface area (TPSA) is 59.1 Å². The van der Waals surface area contributed by atoms with Gasteiger partial charge in [0, 0.05) is 12.1 Å². The lowest BCUT2D eigenvalue weighted by atomic mass is 9.94. The van der Waals surface area contributed by atoms with Gasteiger partial charge in [0.15, 0.2) is 0 Å². The summed E-state index contributed by atoms with van der Waals surface area (Å²) in [5, 5.41) is 0. The smallest absolute Gasteiger partial charge is 0.402 e. The first-order valence-electron chi connectivity index (χ1n) is 7.51. The number of sulfonamides is 1. The Morgan fingerprint density at radius 1 is 1.29 bits per heavy atom. The van der Waals surface area contributed by atoms with E-state index in [1.165, 1.54) is 25.1 Å². The fraction of sp³-hybridized carbons (Fsp3) is 0.600. The standard InChI is InChI=1S/C15H18F3NO4S/c1-4-19(8-15(16,17)18)24(20,21)9-5-6-11-10(7-9)12-13(22-12)14(2,3)23-11/h5-7,12-13H,4,8H2,1-3H3/t12-,13-/m0/s1. The summed E-state index contributed by atoms with van der Waals surface area (Å²) in [5.41, 5.74) is 0.0347. The molecule has 9 heteroatoms.